The predicted molar refractivity (Wildman–Crippen MR) is 113 cm³/mol. The molecule has 0 bridgehead atoms. The first-order valence-electron chi connectivity index (χ1n) is 11.3. The zero-order valence-corrected chi connectivity index (χ0v) is 18.3. The summed E-state index contributed by atoms with van der Waals surface area (Å²) in [4.78, 5) is 31.6. The smallest absolute Gasteiger partial charge is 0.342 e. The van der Waals surface area contributed by atoms with Crippen LogP contribution in [-0.4, -0.2) is 71.8 Å². The minimum atomic E-state index is -4.57. The fourth-order valence-electron chi connectivity index (χ4n) is 4.94. The summed E-state index contributed by atoms with van der Waals surface area (Å²) in [5.41, 5.74) is -1.21. The van der Waals surface area contributed by atoms with E-state index in [1.54, 1.807) is 0 Å². The molecule has 0 N–H and O–H groups in total. The van der Waals surface area contributed by atoms with Crippen molar-refractivity contribution < 1.29 is 22.8 Å². The molecule has 2 amide bonds. The number of rotatable bonds is 6. The first-order chi connectivity index (χ1) is 14.8. The first kappa shape index (κ1) is 23.6. The van der Waals surface area contributed by atoms with Crippen LogP contribution in [0.4, 0.5) is 13.2 Å². The Kier molecular flexibility index (Phi) is 7.62. The van der Waals surface area contributed by atoms with E-state index in [4.69, 9.17) is 0 Å². The second kappa shape index (κ2) is 10.0. The summed E-state index contributed by atoms with van der Waals surface area (Å²) in [5.74, 6) is -0.152. The van der Waals surface area contributed by atoms with Gasteiger partial charge in [0.05, 0.1) is 17.2 Å². The Morgan fingerprint density at radius 3 is 2.16 bits per heavy atom. The highest BCUT2D eigenvalue weighted by atomic mass is 19.4. The van der Waals surface area contributed by atoms with Gasteiger partial charge >= 0.3 is 6.18 Å². The van der Waals surface area contributed by atoms with Crippen LogP contribution >= 0.6 is 0 Å². The van der Waals surface area contributed by atoms with E-state index in [0.29, 0.717) is 45.2 Å². The van der Waals surface area contributed by atoms with Gasteiger partial charge in [0.15, 0.2) is 0 Å². The van der Waals surface area contributed by atoms with Crippen LogP contribution in [0.5, 0.6) is 0 Å². The summed E-state index contributed by atoms with van der Waals surface area (Å²) in [5, 5.41) is 0. The number of likely N-dealkylation sites (N-methyl/N-ethyl adjacent to an activating group) is 1. The molecular weight excluding hydrogens is 407 g/mol. The van der Waals surface area contributed by atoms with Crippen LogP contribution in [0.2, 0.25) is 0 Å². The number of halogens is 3. The van der Waals surface area contributed by atoms with Gasteiger partial charge in [0.1, 0.15) is 0 Å². The monoisotopic (exact) mass is 439 g/mol. The van der Waals surface area contributed by atoms with Crippen LogP contribution < -0.4 is 0 Å². The molecule has 1 atom stereocenters. The lowest BCUT2D eigenvalue weighted by Crippen LogP contribution is -2.58. The topological polar surface area (TPSA) is 43.9 Å². The summed E-state index contributed by atoms with van der Waals surface area (Å²) in [6, 6.07) is 4.73. The minimum absolute atomic E-state index is 0.138. The largest absolute Gasteiger partial charge is 0.417 e. The molecule has 1 aromatic rings. The molecule has 1 aliphatic carbocycles. The van der Waals surface area contributed by atoms with Crippen LogP contribution in [0.3, 0.4) is 0 Å². The second-order valence-corrected chi connectivity index (χ2v) is 8.37. The van der Waals surface area contributed by atoms with Crippen molar-refractivity contribution in [2.45, 2.75) is 51.7 Å². The van der Waals surface area contributed by atoms with Crippen LogP contribution in [0, 0.1) is 5.92 Å². The van der Waals surface area contributed by atoms with Crippen LogP contribution in [0.25, 0.3) is 0 Å². The molecule has 2 fully saturated rings. The lowest BCUT2D eigenvalue weighted by Gasteiger charge is -2.42. The third kappa shape index (κ3) is 5.22. The van der Waals surface area contributed by atoms with Crippen molar-refractivity contribution in [3.63, 3.8) is 0 Å². The zero-order chi connectivity index (χ0) is 22.6. The molecule has 0 spiro atoms. The van der Waals surface area contributed by atoms with Gasteiger partial charge in [-0.05, 0) is 44.7 Å². The van der Waals surface area contributed by atoms with Crippen molar-refractivity contribution in [1.82, 2.24) is 14.7 Å². The van der Waals surface area contributed by atoms with Gasteiger partial charge in [-0.3, -0.25) is 14.5 Å². The average molecular weight is 440 g/mol. The van der Waals surface area contributed by atoms with E-state index >= 15 is 0 Å². The predicted octanol–water partition coefficient (Wildman–Crippen LogP) is 3.89. The molecule has 31 heavy (non-hydrogen) atoms. The van der Waals surface area contributed by atoms with E-state index in [1.807, 2.05) is 18.7 Å². The Morgan fingerprint density at radius 2 is 1.61 bits per heavy atom. The third-order valence-electron chi connectivity index (χ3n) is 6.63. The van der Waals surface area contributed by atoms with Crippen LogP contribution in [-0.2, 0) is 11.0 Å². The normalized spacial score (nSPS) is 19.5. The zero-order valence-electron chi connectivity index (χ0n) is 18.3. The number of hydrogen-bond acceptors (Lipinski definition) is 3. The summed E-state index contributed by atoms with van der Waals surface area (Å²) < 4.78 is 40.0. The molecule has 8 heteroatoms. The molecule has 0 unspecified atom stereocenters. The van der Waals surface area contributed by atoms with E-state index in [1.165, 1.54) is 23.1 Å². The number of benzene rings is 1. The minimum Gasteiger partial charge on any atom is -0.342 e. The number of hydrogen-bond donors (Lipinski definition) is 0. The Bertz CT molecular complexity index is 766. The Hall–Kier alpha value is -2.09. The van der Waals surface area contributed by atoms with Crippen molar-refractivity contribution >= 4 is 11.8 Å². The van der Waals surface area contributed by atoms with Gasteiger partial charge in [0, 0.05) is 39.3 Å². The van der Waals surface area contributed by atoms with Gasteiger partial charge in [-0.15, -0.1) is 0 Å². The molecule has 1 heterocycles. The number of amides is 2. The molecule has 0 radical (unpaired) electrons. The maximum atomic E-state index is 13.3. The standard InChI is InChI=1S/C23H32F3N3O2/c1-3-27(4-2)22(31)20(17-9-5-6-10-17)28-13-15-29(16-14-28)21(30)18-11-7-8-12-19(18)23(24,25)26/h7-8,11-12,17,20H,3-6,9-10,13-16H2,1-2H3/t20-/m1/s1. The van der Waals surface area contributed by atoms with Gasteiger partial charge in [-0.1, -0.05) is 25.0 Å². The summed E-state index contributed by atoms with van der Waals surface area (Å²) in [7, 11) is 0. The number of alkyl halides is 3. The highest BCUT2D eigenvalue weighted by Gasteiger charge is 2.40. The highest BCUT2D eigenvalue weighted by molar-refractivity contribution is 5.96. The maximum Gasteiger partial charge on any atom is 0.417 e. The quantitative estimate of drug-likeness (QED) is 0.676. The summed E-state index contributed by atoms with van der Waals surface area (Å²) >= 11 is 0. The molecule has 3 rings (SSSR count). The molecule has 1 saturated carbocycles. The SMILES string of the molecule is CCN(CC)C(=O)[C@@H](C1CCCC1)N1CCN(C(=O)c2ccccc2C(F)(F)F)CC1. The second-order valence-electron chi connectivity index (χ2n) is 8.37. The molecule has 1 aromatic carbocycles. The number of carbonyl (C=O) groups excluding carboxylic acids is 2. The number of nitrogens with zero attached hydrogens (tertiary/aromatic N) is 3. The molecule has 5 nitrogen and oxygen atoms in total. The summed E-state index contributed by atoms with van der Waals surface area (Å²) in [6.07, 6.45) is -0.276. The molecule has 1 saturated heterocycles. The Balaban J connectivity index is 1.72. The molecule has 1 aliphatic heterocycles. The van der Waals surface area contributed by atoms with E-state index in [0.717, 1.165) is 31.7 Å². The van der Waals surface area contributed by atoms with Gasteiger partial charge in [-0.2, -0.15) is 13.2 Å². The number of carbonyl (C=O) groups is 2. The fourth-order valence-corrected chi connectivity index (χ4v) is 4.94. The van der Waals surface area contributed by atoms with E-state index in [-0.39, 0.29) is 17.5 Å². The molecule has 0 aromatic heterocycles. The van der Waals surface area contributed by atoms with Gasteiger partial charge in [-0.25, -0.2) is 0 Å². The molecule has 2 aliphatic rings. The molecule has 172 valence electrons. The van der Waals surface area contributed by atoms with Crippen molar-refractivity contribution in [3.05, 3.63) is 35.4 Å². The van der Waals surface area contributed by atoms with Crippen LogP contribution in [0.15, 0.2) is 24.3 Å². The van der Waals surface area contributed by atoms with E-state index in [9.17, 15) is 22.8 Å². The average Bonchev–Trinajstić information content (AvgIpc) is 3.28. The molecular formula is C23H32F3N3O2. The number of piperazine rings is 1. The van der Waals surface area contributed by atoms with Crippen molar-refractivity contribution in [1.29, 1.82) is 0 Å². The van der Waals surface area contributed by atoms with Crippen molar-refractivity contribution in [2.24, 2.45) is 5.92 Å². The van der Waals surface area contributed by atoms with E-state index < -0.39 is 17.6 Å². The lowest BCUT2D eigenvalue weighted by molar-refractivity contribution is -0.140. The van der Waals surface area contributed by atoms with Crippen molar-refractivity contribution in [2.75, 3.05) is 39.3 Å². The Labute approximate surface area is 182 Å². The van der Waals surface area contributed by atoms with Gasteiger partial charge < -0.3 is 9.80 Å². The fraction of sp³-hybridized carbons (Fsp3) is 0.652. The maximum absolute atomic E-state index is 13.3. The first-order valence-corrected chi connectivity index (χ1v) is 11.3. The van der Waals surface area contributed by atoms with Crippen molar-refractivity contribution in [3.8, 4) is 0 Å². The van der Waals surface area contributed by atoms with E-state index in [2.05, 4.69) is 4.90 Å². The van der Waals surface area contributed by atoms with Crippen LogP contribution in [0.1, 0.15) is 55.5 Å². The third-order valence-corrected chi connectivity index (χ3v) is 6.63. The highest BCUT2D eigenvalue weighted by Crippen LogP contribution is 2.34. The Morgan fingerprint density at radius 1 is 1.03 bits per heavy atom. The van der Waals surface area contributed by atoms with Gasteiger partial charge in [0.25, 0.3) is 5.91 Å². The van der Waals surface area contributed by atoms with Gasteiger partial charge in [0.2, 0.25) is 5.91 Å². The lowest BCUT2D eigenvalue weighted by atomic mass is 9.94. The summed E-state index contributed by atoms with van der Waals surface area (Å²) in [6.45, 7) is 6.89.